The molecule has 2 fully saturated rings. The van der Waals surface area contributed by atoms with E-state index in [0.717, 1.165) is 5.92 Å². The molecule has 0 amide bonds. The summed E-state index contributed by atoms with van der Waals surface area (Å²) in [6.45, 7) is 9.77. The molecular weight excluding hydrogens is 184 g/mol. The van der Waals surface area contributed by atoms with E-state index >= 15 is 0 Å². The Hall–Kier alpha value is -0.0800. The van der Waals surface area contributed by atoms with Gasteiger partial charge in [-0.3, -0.25) is 0 Å². The molecule has 88 valence electrons. The molecule has 1 saturated heterocycles. The van der Waals surface area contributed by atoms with Crippen molar-refractivity contribution in [2.45, 2.75) is 51.5 Å². The molecule has 0 radical (unpaired) electrons. The zero-order valence-corrected chi connectivity index (χ0v) is 10.4. The van der Waals surface area contributed by atoms with Gasteiger partial charge in [0.2, 0.25) is 0 Å². The van der Waals surface area contributed by atoms with Crippen LogP contribution in [0.5, 0.6) is 0 Å². The van der Waals surface area contributed by atoms with E-state index < -0.39 is 0 Å². The zero-order valence-electron chi connectivity index (χ0n) is 10.4. The highest BCUT2D eigenvalue weighted by atomic mass is 15.2. The monoisotopic (exact) mass is 210 g/mol. The first-order valence-electron chi connectivity index (χ1n) is 6.68. The molecule has 1 saturated carbocycles. The highest BCUT2D eigenvalue weighted by Crippen LogP contribution is 2.31. The molecule has 1 N–H and O–H groups in total. The quantitative estimate of drug-likeness (QED) is 0.752. The summed E-state index contributed by atoms with van der Waals surface area (Å²) in [4.78, 5) is 2.69. The molecule has 1 heterocycles. The molecule has 0 aromatic carbocycles. The summed E-state index contributed by atoms with van der Waals surface area (Å²) >= 11 is 0. The van der Waals surface area contributed by atoms with Crippen molar-refractivity contribution in [2.75, 3.05) is 26.2 Å². The minimum atomic E-state index is 0.491. The van der Waals surface area contributed by atoms with Gasteiger partial charge in [0.25, 0.3) is 0 Å². The van der Waals surface area contributed by atoms with Crippen LogP contribution in [0.15, 0.2) is 0 Å². The first kappa shape index (κ1) is 11.4. The Morgan fingerprint density at radius 3 is 2.60 bits per heavy atom. The van der Waals surface area contributed by atoms with E-state index in [4.69, 9.17) is 0 Å². The fraction of sp³-hybridized carbons (Fsp3) is 1.00. The number of nitrogens with one attached hydrogen (secondary N) is 1. The molecule has 1 aliphatic carbocycles. The van der Waals surface area contributed by atoms with Gasteiger partial charge in [0.05, 0.1) is 0 Å². The van der Waals surface area contributed by atoms with Crippen molar-refractivity contribution < 1.29 is 0 Å². The van der Waals surface area contributed by atoms with Crippen molar-refractivity contribution in [1.82, 2.24) is 10.2 Å². The molecule has 2 aliphatic rings. The number of hydrogen-bond donors (Lipinski definition) is 1. The second-order valence-electron chi connectivity index (χ2n) is 5.90. The van der Waals surface area contributed by atoms with Crippen molar-refractivity contribution >= 4 is 0 Å². The highest BCUT2D eigenvalue weighted by Gasteiger charge is 2.36. The smallest absolute Gasteiger partial charge is 0.0308 e. The van der Waals surface area contributed by atoms with Gasteiger partial charge in [0.15, 0.2) is 0 Å². The average Bonchev–Trinajstić information content (AvgIpc) is 2.50. The van der Waals surface area contributed by atoms with Gasteiger partial charge in [0, 0.05) is 18.6 Å². The lowest BCUT2D eigenvalue weighted by molar-refractivity contribution is 0.192. The summed E-state index contributed by atoms with van der Waals surface area (Å²) in [5.41, 5.74) is 0.491. The third kappa shape index (κ3) is 2.94. The van der Waals surface area contributed by atoms with Gasteiger partial charge in [-0.15, -0.1) is 0 Å². The Morgan fingerprint density at radius 2 is 1.93 bits per heavy atom. The Kier molecular flexibility index (Phi) is 3.68. The van der Waals surface area contributed by atoms with E-state index in [9.17, 15) is 0 Å². The van der Waals surface area contributed by atoms with Crippen LogP contribution < -0.4 is 5.32 Å². The molecule has 2 rings (SSSR count). The van der Waals surface area contributed by atoms with Crippen LogP contribution in [0.4, 0.5) is 0 Å². The second kappa shape index (κ2) is 4.84. The Labute approximate surface area is 94.4 Å². The Bertz CT molecular complexity index is 195. The molecule has 2 nitrogen and oxygen atoms in total. The predicted molar refractivity (Wildman–Crippen MR) is 65.1 cm³/mol. The minimum absolute atomic E-state index is 0.491. The van der Waals surface area contributed by atoms with Gasteiger partial charge in [0.1, 0.15) is 0 Å². The van der Waals surface area contributed by atoms with E-state index in [1.807, 2.05) is 0 Å². The van der Waals surface area contributed by atoms with E-state index in [1.54, 1.807) is 0 Å². The lowest BCUT2D eigenvalue weighted by atomic mass is 9.97. The van der Waals surface area contributed by atoms with Crippen molar-refractivity contribution in [3.63, 3.8) is 0 Å². The standard InChI is InChI=1S/C13H26N2/c1-12(2)10-15-9-5-8-14-13(11-15)6-3-4-7-13/h12,14H,3-11H2,1-2H3. The fourth-order valence-corrected chi connectivity index (χ4v) is 3.28. The van der Waals surface area contributed by atoms with Gasteiger partial charge in [-0.2, -0.15) is 0 Å². The highest BCUT2D eigenvalue weighted by molar-refractivity contribution is 4.96. The van der Waals surface area contributed by atoms with Crippen LogP contribution in [-0.2, 0) is 0 Å². The lowest BCUT2D eigenvalue weighted by Gasteiger charge is -2.34. The summed E-state index contributed by atoms with van der Waals surface area (Å²) < 4.78 is 0. The molecule has 1 aliphatic heterocycles. The summed E-state index contributed by atoms with van der Waals surface area (Å²) in [5.74, 6) is 0.807. The maximum Gasteiger partial charge on any atom is 0.0308 e. The van der Waals surface area contributed by atoms with Gasteiger partial charge in [-0.25, -0.2) is 0 Å². The molecule has 1 spiro atoms. The molecular formula is C13H26N2. The van der Waals surface area contributed by atoms with Crippen molar-refractivity contribution in [2.24, 2.45) is 5.92 Å². The maximum absolute atomic E-state index is 3.82. The van der Waals surface area contributed by atoms with Crippen LogP contribution in [0.25, 0.3) is 0 Å². The molecule has 0 aromatic heterocycles. The SMILES string of the molecule is CC(C)CN1CCCNC2(CCCC2)C1. The van der Waals surface area contributed by atoms with Gasteiger partial charge in [-0.1, -0.05) is 26.7 Å². The first-order chi connectivity index (χ1) is 7.20. The third-order valence-corrected chi connectivity index (χ3v) is 3.86. The summed E-state index contributed by atoms with van der Waals surface area (Å²) in [5, 5.41) is 3.82. The number of hydrogen-bond acceptors (Lipinski definition) is 2. The summed E-state index contributed by atoms with van der Waals surface area (Å²) in [6.07, 6.45) is 7.00. The summed E-state index contributed by atoms with van der Waals surface area (Å²) in [7, 11) is 0. The predicted octanol–water partition coefficient (Wildman–Crippen LogP) is 2.25. The van der Waals surface area contributed by atoms with Gasteiger partial charge in [-0.05, 0) is 38.3 Å². The van der Waals surface area contributed by atoms with Crippen LogP contribution >= 0.6 is 0 Å². The Morgan fingerprint density at radius 1 is 1.20 bits per heavy atom. The van der Waals surface area contributed by atoms with Crippen molar-refractivity contribution in [3.05, 3.63) is 0 Å². The van der Waals surface area contributed by atoms with Crippen LogP contribution in [-0.4, -0.2) is 36.6 Å². The van der Waals surface area contributed by atoms with E-state index in [2.05, 4.69) is 24.1 Å². The minimum Gasteiger partial charge on any atom is -0.310 e. The normalized spacial score (nSPS) is 27.4. The topological polar surface area (TPSA) is 15.3 Å². The molecule has 0 aromatic rings. The zero-order chi connectivity index (χ0) is 10.7. The van der Waals surface area contributed by atoms with Crippen molar-refractivity contribution in [1.29, 1.82) is 0 Å². The second-order valence-corrected chi connectivity index (χ2v) is 5.90. The van der Waals surface area contributed by atoms with Crippen LogP contribution in [0.1, 0.15) is 46.0 Å². The number of rotatable bonds is 2. The molecule has 0 bridgehead atoms. The van der Waals surface area contributed by atoms with Crippen LogP contribution in [0.3, 0.4) is 0 Å². The van der Waals surface area contributed by atoms with Crippen molar-refractivity contribution in [3.8, 4) is 0 Å². The molecule has 0 atom stereocenters. The molecule has 0 unspecified atom stereocenters. The van der Waals surface area contributed by atoms with E-state index in [-0.39, 0.29) is 0 Å². The largest absolute Gasteiger partial charge is 0.310 e. The van der Waals surface area contributed by atoms with E-state index in [0.29, 0.717) is 5.54 Å². The van der Waals surface area contributed by atoms with E-state index in [1.165, 1.54) is 58.3 Å². The summed E-state index contributed by atoms with van der Waals surface area (Å²) in [6, 6.07) is 0. The molecule has 15 heavy (non-hydrogen) atoms. The van der Waals surface area contributed by atoms with Gasteiger partial charge < -0.3 is 10.2 Å². The molecule has 2 heteroatoms. The average molecular weight is 210 g/mol. The van der Waals surface area contributed by atoms with Gasteiger partial charge >= 0.3 is 0 Å². The van der Waals surface area contributed by atoms with Crippen LogP contribution in [0.2, 0.25) is 0 Å². The maximum atomic E-state index is 3.82. The third-order valence-electron chi connectivity index (χ3n) is 3.86. The first-order valence-corrected chi connectivity index (χ1v) is 6.68. The Balaban J connectivity index is 1.95. The number of nitrogens with zero attached hydrogens (tertiary/aromatic N) is 1. The van der Waals surface area contributed by atoms with Crippen LogP contribution in [0, 0.1) is 5.92 Å². The fourth-order valence-electron chi connectivity index (χ4n) is 3.28. The lowest BCUT2D eigenvalue weighted by Crippen LogP contribution is -2.49.